The van der Waals surface area contributed by atoms with E-state index in [-0.39, 0.29) is 11.9 Å². The molecule has 0 aliphatic heterocycles. The molecular formula is C14H26N2O. The van der Waals surface area contributed by atoms with Crippen molar-refractivity contribution in [2.75, 3.05) is 0 Å². The van der Waals surface area contributed by atoms with Gasteiger partial charge in [-0.05, 0) is 32.6 Å². The van der Waals surface area contributed by atoms with Crippen molar-refractivity contribution in [3.05, 3.63) is 0 Å². The van der Waals surface area contributed by atoms with E-state index < -0.39 is 0 Å². The second-order valence-electron chi connectivity index (χ2n) is 5.71. The molecule has 2 aliphatic carbocycles. The molecule has 0 heterocycles. The third-order valence-corrected chi connectivity index (χ3v) is 4.19. The van der Waals surface area contributed by atoms with Gasteiger partial charge in [0, 0.05) is 12.1 Å². The van der Waals surface area contributed by atoms with E-state index in [1.165, 1.54) is 57.8 Å². The van der Waals surface area contributed by atoms with Crippen molar-refractivity contribution < 1.29 is 4.79 Å². The van der Waals surface area contributed by atoms with E-state index in [9.17, 15) is 4.79 Å². The highest BCUT2D eigenvalue weighted by atomic mass is 16.2. The molecule has 3 nitrogen and oxygen atoms in total. The number of hydrogen-bond donors (Lipinski definition) is 2. The number of carbonyl (C=O) groups excluding carboxylic acids is 1. The van der Waals surface area contributed by atoms with Gasteiger partial charge < -0.3 is 10.6 Å². The molecule has 0 aromatic carbocycles. The Bertz CT molecular complexity index is 243. The quantitative estimate of drug-likeness (QED) is 0.789. The lowest BCUT2D eigenvalue weighted by Gasteiger charge is -2.26. The van der Waals surface area contributed by atoms with Crippen molar-refractivity contribution in [1.82, 2.24) is 10.6 Å². The molecule has 1 unspecified atom stereocenters. The van der Waals surface area contributed by atoms with E-state index >= 15 is 0 Å². The predicted molar refractivity (Wildman–Crippen MR) is 69.9 cm³/mol. The lowest BCUT2D eigenvalue weighted by Crippen LogP contribution is -2.49. The third-order valence-electron chi connectivity index (χ3n) is 4.19. The summed E-state index contributed by atoms with van der Waals surface area (Å²) in [7, 11) is 0. The maximum atomic E-state index is 12.0. The molecule has 2 N–H and O–H groups in total. The second kappa shape index (κ2) is 6.39. The fraction of sp³-hybridized carbons (Fsp3) is 0.929. The number of rotatable bonds is 4. The normalized spacial score (nSPS) is 24.8. The van der Waals surface area contributed by atoms with Gasteiger partial charge in [0.25, 0.3) is 0 Å². The van der Waals surface area contributed by atoms with E-state index in [0.29, 0.717) is 12.1 Å². The summed E-state index contributed by atoms with van der Waals surface area (Å²) >= 11 is 0. The zero-order valence-corrected chi connectivity index (χ0v) is 11.0. The first kappa shape index (κ1) is 12.9. The molecule has 0 aromatic rings. The van der Waals surface area contributed by atoms with Gasteiger partial charge in [-0.2, -0.15) is 0 Å². The number of hydrogen-bond acceptors (Lipinski definition) is 2. The monoisotopic (exact) mass is 238 g/mol. The summed E-state index contributed by atoms with van der Waals surface area (Å²) in [5, 5.41) is 6.65. The first-order chi connectivity index (χ1) is 8.25. The van der Waals surface area contributed by atoms with Gasteiger partial charge in [0.05, 0.1) is 6.04 Å². The van der Waals surface area contributed by atoms with Gasteiger partial charge in [0.15, 0.2) is 0 Å². The average molecular weight is 238 g/mol. The SMILES string of the molecule is CC(NC1CCCCC1)C(=O)NC1CCCC1. The smallest absolute Gasteiger partial charge is 0.237 e. The van der Waals surface area contributed by atoms with Gasteiger partial charge >= 0.3 is 0 Å². The molecule has 0 spiro atoms. The topological polar surface area (TPSA) is 41.1 Å². The molecule has 2 rings (SSSR count). The Balaban J connectivity index is 1.70. The summed E-state index contributed by atoms with van der Waals surface area (Å²) in [6.07, 6.45) is 11.3. The highest BCUT2D eigenvalue weighted by molar-refractivity contribution is 5.81. The van der Waals surface area contributed by atoms with Crippen LogP contribution in [0.4, 0.5) is 0 Å². The van der Waals surface area contributed by atoms with Crippen molar-refractivity contribution in [3.8, 4) is 0 Å². The second-order valence-corrected chi connectivity index (χ2v) is 5.71. The molecule has 1 atom stereocenters. The standard InChI is InChI=1S/C14H26N2O/c1-11(15-12-7-3-2-4-8-12)14(17)16-13-9-5-6-10-13/h11-13,15H,2-10H2,1H3,(H,16,17). The highest BCUT2D eigenvalue weighted by Gasteiger charge is 2.23. The summed E-state index contributed by atoms with van der Waals surface area (Å²) in [5.74, 6) is 0.197. The number of nitrogens with one attached hydrogen (secondary N) is 2. The van der Waals surface area contributed by atoms with Crippen LogP contribution in [0.2, 0.25) is 0 Å². The molecule has 0 saturated heterocycles. The van der Waals surface area contributed by atoms with Crippen LogP contribution in [-0.4, -0.2) is 24.0 Å². The Morgan fingerprint density at radius 3 is 2.12 bits per heavy atom. The van der Waals surface area contributed by atoms with Crippen LogP contribution >= 0.6 is 0 Å². The Kier molecular flexibility index (Phi) is 4.84. The minimum atomic E-state index is -0.0290. The summed E-state index contributed by atoms with van der Waals surface area (Å²) in [5.41, 5.74) is 0. The predicted octanol–water partition coefficient (Wildman–Crippen LogP) is 2.36. The van der Waals surface area contributed by atoms with Gasteiger partial charge in [0.1, 0.15) is 0 Å². The first-order valence-electron chi connectivity index (χ1n) is 7.32. The summed E-state index contributed by atoms with van der Waals surface area (Å²) < 4.78 is 0. The largest absolute Gasteiger partial charge is 0.352 e. The molecule has 2 aliphatic rings. The van der Waals surface area contributed by atoms with Gasteiger partial charge in [-0.25, -0.2) is 0 Å². The Morgan fingerprint density at radius 2 is 1.47 bits per heavy atom. The molecular weight excluding hydrogens is 212 g/mol. The third kappa shape index (κ3) is 3.98. The van der Waals surface area contributed by atoms with Gasteiger partial charge in [-0.3, -0.25) is 4.79 Å². The van der Waals surface area contributed by atoms with Gasteiger partial charge in [-0.15, -0.1) is 0 Å². The first-order valence-corrected chi connectivity index (χ1v) is 7.32. The summed E-state index contributed by atoms with van der Waals surface area (Å²) in [4.78, 5) is 12.0. The zero-order chi connectivity index (χ0) is 12.1. The summed E-state index contributed by atoms with van der Waals surface area (Å²) in [6.45, 7) is 2.00. The molecule has 2 fully saturated rings. The minimum Gasteiger partial charge on any atom is -0.352 e. The van der Waals surface area contributed by atoms with E-state index in [0.717, 1.165) is 0 Å². The van der Waals surface area contributed by atoms with Crippen molar-refractivity contribution in [2.45, 2.75) is 82.8 Å². The van der Waals surface area contributed by atoms with Crippen LogP contribution < -0.4 is 10.6 Å². The van der Waals surface area contributed by atoms with Crippen LogP contribution in [0.1, 0.15) is 64.7 Å². The van der Waals surface area contributed by atoms with Crippen molar-refractivity contribution >= 4 is 5.91 Å². The van der Waals surface area contributed by atoms with E-state index in [4.69, 9.17) is 0 Å². The van der Waals surface area contributed by atoms with Crippen LogP contribution in [0.15, 0.2) is 0 Å². The average Bonchev–Trinajstić information content (AvgIpc) is 2.83. The maximum absolute atomic E-state index is 12.0. The Hall–Kier alpha value is -0.570. The Labute approximate surface area is 105 Å². The van der Waals surface area contributed by atoms with Crippen LogP contribution in [0.3, 0.4) is 0 Å². The van der Waals surface area contributed by atoms with Crippen LogP contribution in [0, 0.1) is 0 Å². The molecule has 2 saturated carbocycles. The molecule has 3 heteroatoms. The number of carbonyl (C=O) groups is 1. The lowest BCUT2D eigenvalue weighted by molar-refractivity contribution is -0.123. The fourth-order valence-corrected chi connectivity index (χ4v) is 3.09. The van der Waals surface area contributed by atoms with E-state index in [1.807, 2.05) is 6.92 Å². The molecule has 0 aromatic heterocycles. The van der Waals surface area contributed by atoms with Crippen LogP contribution in [0.25, 0.3) is 0 Å². The zero-order valence-electron chi connectivity index (χ0n) is 11.0. The van der Waals surface area contributed by atoms with E-state index in [1.54, 1.807) is 0 Å². The van der Waals surface area contributed by atoms with Crippen molar-refractivity contribution in [2.24, 2.45) is 0 Å². The van der Waals surface area contributed by atoms with Crippen molar-refractivity contribution in [1.29, 1.82) is 0 Å². The Morgan fingerprint density at radius 1 is 0.941 bits per heavy atom. The summed E-state index contributed by atoms with van der Waals surface area (Å²) in [6, 6.07) is 0.977. The lowest BCUT2D eigenvalue weighted by atomic mass is 9.95. The molecule has 17 heavy (non-hydrogen) atoms. The minimum absolute atomic E-state index is 0.0290. The van der Waals surface area contributed by atoms with Crippen LogP contribution in [0.5, 0.6) is 0 Å². The number of amides is 1. The maximum Gasteiger partial charge on any atom is 0.237 e. The highest BCUT2D eigenvalue weighted by Crippen LogP contribution is 2.19. The fourth-order valence-electron chi connectivity index (χ4n) is 3.09. The van der Waals surface area contributed by atoms with Gasteiger partial charge in [0.2, 0.25) is 5.91 Å². The van der Waals surface area contributed by atoms with Crippen LogP contribution in [-0.2, 0) is 4.79 Å². The van der Waals surface area contributed by atoms with Crippen molar-refractivity contribution in [3.63, 3.8) is 0 Å². The molecule has 98 valence electrons. The molecule has 1 amide bonds. The molecule has 0 bridgehead atoms. The molecule has 0 radical (unpaired) electrons. The van der Waals surface area contributed by atoms with Gasteiger partial charge in [-0.1, -0.05) is 32.1 Å². The van der Waals surface area contributed by atoms with E-state index in [2.05, 4.69) is 10.6 Å².